The molecule has 6 rings (SSSR count). The summed E-state index contributed by atoms with van der Waals surface area (Å²) in [5.74, 6) is -0.613. The maximum absolute atomic E-state index is 12.7. The van der Waals surface area contributed by atoms with Crippen molar-refractivity contribution >= 4 is 23.8 Å². The molecule has 0 spiro atoms. The second kappa shape index (κ2) is 15.2. The van der Waals surface area contributed by atoms with Crippen molar-refractivity contribution in [3.63, 3.8) is 0 Å². The van der Waals surface area contributed by atoms with E-state index in [0.717, 1.165) is 22.3 Å². The molecule has 0 bridgehead atoms. The summed E-state index contributed by atoms with van der Waals surface area (Å²) in [4.78, 5) is 52.9. The van der Waals surface area contributed by atoms with Gasteiger partial charge in [-0.3, -0.25) is 19.2 Å². The summed E-state index contributed by atoms with van der Waals surface area (Å²) >= 11 is 0. The van der Waals surface area contributed by atoms with Crippen molar-refractivity contribution in [2.24, 2.45) is 0 Å². The van der Waals surface area contributed by atoms with Gasteiger partial charge in [-0.1, -0.05) is 97.1 Å². The lowest BCUT2D eigenvalue weighted by Gasteiger charge is -2.25. The van der Waals surface area contributed by atoms with Gasteiger partial charge in [-0.15, -0.1) is 0 Å². The predicted molar refractivity (Wildman–Crippen MR) is 173 cm³/mol. The number of nitrogens with zero attached hydrogens (tertiary/aromatic N) is 2. The van der Waals surface area contributed by atoms with E-state index in [1.165, 1.54) is 0 Å². The minimum absolute atomic E-state index is 0.0289. The lowest BCUT2D eigenvalue weighted by Crippen LogP contribution is -2.29. The van der Waals surface area contributed by atoms with Crippen molar-refractivity contribution in [3.05, 3.63) is 143 Å². The lowest BCUT2D eigenvalue weighted by atomic mass is 10.0. The summed E-state index contributed by atoms with van der Waals surface area (Å²) in [6.45, 7) is 5.23. The minimum atomic E-state index is -0.278. The maximum atomic E-state index is 12.7. The van der Waals surface area contributed by atoms with Crippen molar-refractivity contribution in [1.82, 2.24) is 9.80 Å². The van der Waals surface area contributed by atoms with E-state index in [1.807, 2.05) is 109 Å². The van der Waals surface area contributed by atoms with Crippen molar-refractivity contribution in [3.8, 4) is 0 Å². The Morgan fingerprint density at radius 2 is 0.891 bits per heavy atom. The zero-order valence-electron chi connectivity index (χ0n) is 26.1. The highest BCUT2D eigenvalue weighted by Crippen LogP contribution is 2.38. The van der Waals surface area contributed by atoms with E-state index in [2.05, 4.69) is 0 Å². The van der Waals surface area contributed by atoms with Gasteiger partial charge in [0, 0.05) is 24.2 Å². The number of rotatable bonds is 10. The molecular formula is C38H38N2O6. The smallest absolute Gasteiger partial charge is 0.308 e. The zero-order valence-corrected chi connectivity index (χ0v) is 26.1. The van der Waals surface area contributed by atoms with E-state index >= 15 is 0 Å². The number of esters is 2. The Labute approximate surface area is 269 Å². The van der Waals surface area contributed by atoms with Gasteiger partial charge in [-0.25, -0.2) is 0 Å². The van der Waals surface area contributed by atoms with Crippen LogP contribution in [-0.2, 0) is 32.2 Å². The molecule has 0 aromatic heterocycles. The van der Waals surface area contributed by atoms with Gasteiger partial charge < -0.3 is 19.3 Å². The number of carbonyl (C=O) groups excluding carboxylic acids is 4. The quantitative estimate of drug-likeness (QED) is 0.184. The van der Waals surface area contributed by atoms with Crippen LogP contribution in [0.1, 0.15) is 81.7 Å². The van der Waals surface area contributed by atoms with Crippen molar-refractivity contribution in [1.29, 1.82) is 0 Å². The first-order valence-electron chi connectivity index (χ1n) is 15.6. The first-order valence-corrected chi connectivity index (χ1v) is 15.6. The van der Waals surface area contributed by atoms with Crippen LogP contribution in [0.5, 0.6) is 0 Å². The van der Waals surface area contributed by atoms with Crippen LogP contribution >= 0.6 is 0 Å². The Morgan fingerprint density at radius 3 is 1.26 bits per heavy atom. The van der Waals surface area contributed by atoms with E-state index < -0.39 is 0 Å². The highest BCUT2D eigenvalue weighted by molar-refractivity contribution is 6.00. The third-order valence-electron chi connectivity index (χ3n) is 8.10. The molecule has 0 saturated carbocycles. The molecular weight excluding hydrogens is 580 g/mol. The molecule has 0 N–H and O–H groups in total. The molecule has 236 valence electrons. The van der Waals surface area contributed by atoms with Crippen LogP contribution in [0.3, 0.4) is 0 Å². The van der Waals surface area contributed by atoms with E-state index in [0.29, 0.717) is 37.4 Å². The molecule has 8 heteroatoms. The maximum Gasteiger partial charge on any atom is 0.308 e. The summed E-state index contributed by atoms with van der Waals surface area (Å²) < 4.78 is 10.2. The Bertz CT molecular complexity index is 1550. The van der Waals surface area contributed by atoms with Gasteiger partial charge in [0.15, 0.2) is 0 Å². The number of fused-ring (bicyclic) bond motifs is 2. The third-order valence-corrected chi connectivity index (χ3v) is 8.10. The molecule has 46 heavy (non-hydrogen) atoms. The molecule has 2 amide bonds. The molecule has 0 aliphatic carbocycles. The van der Waals surface area contributed by atoms with Crippen LogP contribution in [-0.4, -0.2) is 46.8 Å². The van der Waals surface area contributed by atoms with E-state index in [1.54, 1.807) is 23.6 Å². The normalized spacial score (nSPS) is 16.3. The first kappa shape index (κ1) is 32.2. The molecule has 8 nitrogen and oxygen atoms in total. The van der Waals surface area contributed by atoms with Crippen molar-refractivity contribution in [2.75, 3.05) is 13.2 Å². The molecule has 0 radical (unpaired) electrons. The van der Waals surface area contributed by atoms with Gasteiger partial charge in [0.1, 0.15) is 0 Å². The van der Waals surface area contributed by atoms with Gasteiger partial charge in [0.05, 0.1) is 38.1 Å². The molecule has 2 unspecified atom stereocenters. The topological polar surface area (TPSA) is 93.2 Å². The molecule has 4 aromatic rings. The molecule has 2 aliphatic rings. The average molecular weight is 619 g/mol. The second-order valence-electron chi connectivity index (χ2n) is 11.1. The molecule has 0 fully saturated rings. The van der Waals surface area contributed by atoms with Crippen LogP contribution in [0.15, 0.2) is 109 Å². The minimum Gasteiger partial charge on any atom is -0.466 e. The number of ether oxygens (including phenoxy) is 2. The number of hydrogen-bond acceptors (Lipinski definition) is 6. The monoisotopic (exact) mass is 618 g/mol. The fraction of sp³-hybridized carbons (Fsp3) is 0.263. The van der Waals surface area contributed by atoms with Gasteiger partial charge in [-0.05, 0) is 48.2 Å². The van der Waals surface area contributed by atoms with Crippen molar-refractivity contribution < 1.29 is 28.7 Å². The fourth-order valence-electron chi connectivity index (χ4n) is 6.01. The number of hydrogen-bond donors (Lipinski definition) is 0. The third kappa shape index (κ3) is 7.34. The fourth-order valence-corrected chi connectivity index (χ4v) is 6.01. The van der Waals surface area contributed by atoms with E-state index in [9.17, 15) is 19.2 Å². The van der Waals surface area contributed by atoms with Crippen LogP contribution < -0.4 is 0 Å². The average Bonchev–Trinajstić information content (AvgIpc) is 3.48. The summed E-state index contributed by atoms with van der Waals surface area (Å²) in [5.41, 5.74) is 5.25. The summed E-state index contributed by atoms with van der Waals surface area (Å²) in [6.07, 6.45) is 0.368. The summed E-state index contributed by atoms with van der Waals surface area (Å²) in [5, 5.41) is 0. The number of benzene rings is 4. The van der Waals surface area contributed by atoms with Gasteiger partial charge in [0.25, 0.3) is 11.8 Å². The van der Waals surface area contributed by atoms with Crippen LogP contribution in [0.25, 0.3) is 0 Å². The highest BCUT2D eigenvalue weighted by atomic mass is 16.5. The second-order valence-corrected chi connectivity index (χ2v) is 11.1. The largest absolute Gasteiger partial charge is 0.466 e. The summed E-state index contributed by atoms with van der Waals surface area (Å²) in [7, 11) is 0. The van der Waals surface area contributed by atoms with Crippen LogP contribution in [0.4, 0.5) is 0 Å². The Morgan fingerprint density at radius 1 is 0.543 bits per heavy atom. The Kier molecular flexibility index (Phi) is 10.6. The highest BCUT2D eigenvalue weighted by Gasteiger charge is 2.39. The Balaban J connectivity index is 0.000000181. The molecule has 4 aromatic carbocycles. The van der Waals surface area contributed by atoms with Gasteiger partial charge >= 0.3 is 11.9 Å². The zero-order chi connectivity index (χ0) is 32.5. The molecule has 2 heterocycles. The SMILES string of the molecule is CCOC(=O)CC1c2ccccc2C(=O)N1Cc1ccccc1.CCOC(=O)CC1c2ccccc2C(=O)N1Cc1ccccc1. The van der Waals surface area contributed by atoms with Gasteiger partial charge in [-0.2, -0.15) is 0 Å². The van der Waals surface area contributed by atoms with Crippen molar-refractivity contribution in [2.45, 2.75) is 51.9 Å². The van der Waals surface area contributed by atoms with Crippen LogP contribution in [0.2, 0.25) is 0 Å². The molecule has 0 saturated heterocycles. The standard InChI is InChI=1S/2C19H19NO3/c2*1-2-23-18(21)12-17-15-10-6-7-11-16(15)19(22)20(17)13-14-8-4-3-5-9-14/h2*3-11,17H,2,12-13H2,1H3. The predicted octanol–water partition coefficient (Wildman–Crippen LogP) is 6.67. The van der Waals surface area contributed by atoms with E-state index in [4.69, 9.17) is 9.47 Å². The number of carbonyl (C=O) groups is 4. The lowest BCUT2D eigenvalue weighted by molar-refractivity contribution is -0.145. The van der Waals surface area contributed by atoms with Crippen LogP contribution in [0, 0.1) is 0 Å². The first-order chi connectivity index (χ1) is 22.4. The molecule has 2 atom stereocenters. The number of amides is 2. The van der Waals surface area contributed by atoms with Gasteiger partial charge in [0.2, 0.25) is 0 Å². The summed E-state index contributed by atoms with van der Waals surface area (Å²) in [6, 6.07) is 34.1. The molecule has 2 aliphatic heterocycles. The van der Waals surface area contributed by atoms with E-state index in [-0.39, 0.29) is 48.7 Å². The Hall–Kier alpha value is -5.24.